The maximum atomic E-state index is 5.45. The second-order valence-corrected chi connectivity index (χ2v) is 6.72. The van der Waals surface area contributed by atoms with E-state index in [0.29, 0.717) is 0 Å². The van der Waals surface area contributed by atoms with Gasteiger partial charge in [0.2, 0.25) is 6.79 Å². The molecule has 1 aliphatic rings. The van der Waals surface area contributed by atoms with E-state index < -0.39 is 0 Å². The highest BCUT2D eigenvalue weighted by molar-refractivity contribution is 9.10. The summed E-state index contributed by atoms with van der Waals surface area (Å²) < 4.78 is 13.7. The van der Waals surface area contributed by atoms with E-state index in [1.165, 1.54) is 5.56 Å². The highest BCUT2D eigenvalue weighted by Crippen LogP contribution is 2.39. The first-order chi connectivity index (χ1) is 12.3. The monoisotopic (exact) mass is 399 g/mol. The van der Waals surface area contributed by atoms with Crippen LogP contribution in [0.4, 0.5) is 0 Å². The van der Waals surface area contributed by atoms with E-state index in [-0.39, 0.29) is 6.79 Å². The number of hydrogen-bond acceptors (Lipinski definition) is 4. The van der Waals surface area contributed by atoms with Gasteiger partial charge in [-0.05, 0) is 64.3 Å². The molecule has 0 aliphatic carbocycles. The first kappa shape index (κ1) is 16.2. The zero-order chi connectivity index (χ0) is 17.1. The fourth-order valence-electron chi connectivity index (χ4n) is 2.80. The number of fused-ring (bicyclic) bond motifs is 1. The van der Waals surface area contributed by atoms with Crippen molar-refractivity contribution >= 4 is 15.9 Å². The number of halogens is 1. The van der Waals surface area contributed by atoms with Crippen LogP contribution >= 0.6 is 15.9 Å². The number of aromatic nitrogens is 2. The fraction of sp³-hybridized carbons (Fsp3) is 0.211. The third-order valence-electron chi connectivity index (χ3n) is 4.06. The van der Waals surface area contributed by atoms with Crippen molar-refractivity contribution in [2.45, 2.75) is 13.0 Å². The summed E-state index contributed by atoms with van der Waals surface area (Å²) in [6.45, 7) is 1.95. The normalized spacial score (nSPS) is 12.5. The van der Waals surface area contributed by atoms with E-state index in [9.17, 15) is 0 Å². The van der Waals surface area contributed by atoms with E-state index in [1.807, 2.05) is 47.3 Å². The molecule has 0 saturated carbocycles. The van der Waals surface area contributed by atoms with Gasteiger partial charge in [0.1, 0.15) is 0 Å². The van der Waals surface area contributed by atoms with E-state index in [0.717, 1.165) is 46.7 Å². The molecule has 1 aliphatic heterocycles. The van der Waals surface area contributed by atoms with Crippen LogP contribution in [-0.4, -0.2) is 23.1 Å². The van der Waals surface area contributed by atoms with Gasteiger partial charge in [-0.2, -0.15) is 5.10 Å². The zero-order valence-corrected chi connectivity index (χ0v) is 15.2. The molecule has 3 aromatic rings. The highest BCUT2D eigenvalue weighted by atomic mass is 79.9. The Balaban J connectivity index is 1.30. The molecule has 128 valence electrons. The smallest absolute Gasteiger partial charge is 0.231 e. The average molecular weight is 400 g/mol. The first-order valence-electron chi connectivity index (χ1n) is 8.17. The van der Waals surface area contributed by atoms with Crippen LogP contribution < -0.4 is 14.8 Å². The van der Waals surface area contributed by atoms with Gasteiger partial charge in [-0.3, -0.25) is 0 Å². The standard InChI is InChI=1S/C19H18BrN3O2/c20-17-8-15(9-18-19(17)25-13-24-18)10-21-7-6-14-11-22-23(12-14)16-4-2-1-3-5-16/h1-5,8-9,11-12,21H,6-7,10,13H2. The van der Waals surface area contributed by atoms with Gasteiger partial charge in [-0.1, -0.05) is 18.2 Å². The Kier molecular flexibility index (Phi) is 4.72. The fourth-order valence-corrected chi connectivity index (χ4v) is 3.40. The second-order valence-electron chi connectivity index (χ2n) is 5.87. The van der Waals surface area contributed by atoms with Crippen molar-refractivity contribution in [2.75, 3.05) is 13.3 Å². The van der Waals surface area contributed by atoms with Crippen molar-refractivity contribution in [3.8, 4) is 17.2 Å². The topological polar surface area (TPSA) is 48.3 Å². The Bertz CT molecular complexity index is 864. The molecule has 1 aromatic heterocycles. The summed E-state index contributed by atoms with van der Waals surface area (Å²) in [5.41, 5.74) is 3.45. The molecule has 0 amide bonds. The predicted molar refractivity (Wildman–Crippen MR) is 99.2 cm³/mol. The summed E-state index contributed by atoms with van der Waals surface area (Å²) in [5.74, 6) is 1.59. The minimum absolute atomic E-state index is 0.288. The number of hydrogen-bond donors (Lipinski definition) is 1. The van der Waals surface area contributed by atoms with Crippen LogP contribution in [0.2, 0.25) is 0 Å². The zero-order valence-electron chi connectivity index (χ0n) is 13.6. The SMILES string of the molecule is Brc1cc(CNCCc2cnn(-c3ccccc3)c2)cc2c1OCO2. The summed E-state index contributed by atoms with van der Waals surface area (Å²) >= 11 is 3.52. The van der Waals surface area contributed by atoms with Gasteiger partial charge in [-0.25, -0.2) is 4.68 Å². The summed E-state index contributed by atoms with van der Waals surface area (Å²) in [5, 5.41) is 7.89. The van der Waals surface area contributed by atoms with Crippen LogP contribution in [0.25, 0.3) is 5.69 Å². The molecule has 0 saturated heterocycles. The quantitative estimate of drug-likeness (QED) is 0.642. The molecule has 4 rings (SSSR count). The van der Waals surface area contributed by atoms with Crippen molar-refractivity contribution in [2.24, 2.45) is 0 Å². The molecule has 0 atom stereocenters. The minimum atomic E-state index is 0.288. The molecule has 0 unspecified atom stereocenters. The largest absolute Gasteiger partial charge is 0.454 e. The minimum Gasteiger partial charge on any atom is -0.454 e. The second kappa shape index (κ2) is 7.29. The van der Waals surface area contributed by atoms with E-state index in [1.54, 1.807) is 0 Å². The summed E-state index contributed by atoms with van der Waals surface area (Å²) in [4.78, 5) is 0. The Labute approximate surface area is 154 Å². The molecule has 0 spiro atoms. The summed E-state index contributed by atoms with van der Waals surface area (Å²) in [6, 6.07) is 14.2. The number of nitrogens with zero attached hydrogens (tertiary/aromatic N) is 2. The average Bonchev–Trinajstić information content (AvgIpc) is 3.29. The molecule has 5 nitrogen and oxygen atoms in total. The van der Waals surface area contributed by atoms with E-state index in [4.69, 9.17) is 9.47 Å². The van der Waals surface area contributed by atoms with Crippen LogP contribution in [0.1, 0.15) is 11.1 Å². The van der Waals surface area contributed by atoms with Crippen molar-refractivity contribution in [3.63, 3.8) is 0 Å². The molecular weight excluding hydrogens is 382 g/mol. The third-order valence-corrected chi connectivity index (χ3v) is 4.65. The lowest BCUT2D eigenvalue weighted by Crippen LogP contribution is -2.16. The van der Waals surface area contributed by atoms with Gasteiger partial charge in [0, 0.05) is 12.7 Å². The summed E-state index contributed by atoms with van der Waals surface area (Å²) in [7, 11) is 0. The van der Waals surface area contributed by atoms with Gasteiger partial charge in [0.05, 0.1) is 16.4 Å². The lowest BCUT2D eigenvalue weighted by Gasteiger charge is -2.07. The lowest BCUT2D eigenvalue weighted by atomic mass is 10.2. The Morgan fingerprint density at radius 2 is 2.00 bits per heavy atom. The van der Waals surface area contributed by atoms with Gasteiger partial charge in [-0.15, -0.1) is 0 Å². The molecular formula is C19H18BrN3O2. The van der Waals surface area contributed by atoms with Crippen LogP contribution in [-0.2, 0) is 13.0 Å². The molecule has 2 aromatic carbocycles. The van der Waals surface area contributed by atoms with Crippen LogP contribution in [0.5, 0.6) is 11.5 Å². The molecule has 6 heteroatoms. The number of benzene rings is 2. The maximum absolute atomic E-state index is 5.45. The maximum Gasteiger partial charge on any atom is 0.231 e. The van der Waals surface area contributed by atoms with Gasteiger partial charge < -0.3 is 14.8 Å². The molecule has 2 heterocycles. The van der Waals surface area contributed by atoms with Crippen molar-refractivity contribution < 1.29 is 9.47 Å². The molecule has 0 bridgehead atoms. The predicted octanol–water partition coefficient (Wildman–Crippen LogP) is 3.70. The Hall–Kier alpha value is -2.31. The van der Waals surface area contributed by atoms with Gasteiger partial charge >= 0.3 is 0 Å². The van der Waals surface area contributed by atoms with Crippen LogP contribution in [0, 0.1) is 0 Å². The van der Waals surface area contributed by atoms with E-state index >= 15 is 0 Å². The van der Waals surface area contributed by atoms with Gasteiger partial charge in [0.15, 0.2) is 11.5 Å². The van der Waals surface area contributed by atoms with Crippen LogP contribution in [0.15, 0.2) is 59.3 Å². The lowest BCUT2D eigenvalue weighted by molar-refractivity contribution is 0.173. The van der Waals surface area contributed by atoms with E-state index in [2.05, 4.69) is 38.6 Å². The molecule has 25 heavy (non-hydrogen) atoms. The third kappa shape index (κ3) is 3.70. The molecule has 0 fully saturated rings. The number of para-hydroxylation sites is 1. The van der Waals surface area contributed by atoms with Crippen molar-refractivity contribution in [1.82, 2.24) is 15.1 Å². The van der Waals surface area contributed by atoms with Crippen molar-refractivity contribution in [3.05, 3.63) is 70.5 Å². The van der Waals surface area contributed by atoms with Crippen molar-refractivity contribution in [1.29, 1.82) is 0 Å². The van der Waals surface area contributed by atoms with Gasteiger partial charge in [0.25, 0.3) is 0 Å². The Morgan fingerprint density at radius 3 is 2.88 bits per heavy atom. The van der Waals surface area contributed by atoms with Crippen LogP contribution in [0.3, 0.4) is 0 Å². The Morgan fingerprint density at radius 1 is 1.12 bits per heavy atom. The summed E-state index contributed by atoms with van der Waals surface area (Å²) in [6.07, 6.45) is 4.93. The first-order valence-corrected chi connectivity index (χ1v) is 8.96. The molecule has 1 N–H and O–H groups in total. The number of nitrogens with one attached hydrogen (secondary N) is 1. The highest BCUT2D eigenvalue weighted by Gasteiger charge is 2.17. The molecule has 0 radical (unpaired) electrons. The number of ether oxygens (including phenoxy) is 2. The number of rotatable bonds is 6.